The molecule has 26 heavy (non-hydrogen) atoms. The van der Waals surface area contributed by atoms with Crippen LogP contribution in [0.1, 0.15) is 16.7 Å². The maximum atomic E-state index is 12.5. The lowest BCUT2D eigenvalue weighted by atomic mass is 10.0. The van der Waals surface area contributed by atoms with Gasteiger partial charge in [-0.2, -0.15) is 0 Å². The molecule has 1 aromatic heterocycles. The summed E-state index contributed by atoms with van der Waals surface area (Å²) >= 11 is 6.15. The SMILES string of the molecule is COc1cc(OC)c(NC(=O)Cc2coc3cc(C)c(C)cc23)cc1Cl. The molecule has 3 aromatic rings. The number of nitrogens with one attached hydrogen (secondary N) is 1. The highest BCUT2D eigenvalue weighted by Crippen LogP contribution is 2.36. The number of ether oxygens (including phenoxy) is 2. The first kappa shape index (κ1) is 18.1. The number of benzene rings is 2. The van der Waals surface area contributed by atoms with Crippen LogP contribution in [0, 0.1) is 13.8 Å². The molecule has 0 saturated heterocycles. The topological polar surface area (TPSA) is 60.7 Å². The average Bonchev–Trinajstić information content (AvgIpc) is 2.97. The Labute approximate surface area is 156 Å². The van der Waals surface area contributed by atoms with E-state index in [-0.39, 0.29) is 12.3 Å². The summed E-state index contributed by atoms with van der Waals surface area (Å²) in [7, 11) is 3.04. The lowest BCUT2D eigenvalue weighted by Crippen LogP contribution is -2.15. The summed E-state index contributed by atoms with van der Waals surface area (Å²) in [6.07, 6.45) is 1.81. The highest BCUT2D eigenvalue weighted by molar-refractivity contribution is 6.32. The molecule has 0 aliphatic carbocycles. The largest absolute Gasteiger partial charge is 0.495 e. The van der Waals surface area contributed by atoms with E-state index < -0.39 is 0 Å². The Balaban J connectivity index is 1.84. The van der Waals surface area contributed by atoms with Crippen LogP contribution in [0.15, 0.2) is 34.9 Å². The molecule has 0 aliphatic rings. The standard InChI is InChI=1S/C20H20ClNO4/c1-11-5-14-13(10-26-17(14)6-12(11)2)7-20(23)22-16-8-15(21)18(24-3)9-19(16)25-4/h5-6,8-10H,7H2,1-4H3,(H,22,23). The Morgan fingerprint density at radius 1 is 1.08 bits per heavy atom. The van der Waals surface area contributed by atoms with Gasteiger partial charge in [0.05, 0.1) is 37.6 Å². The fourth-order valence-corrected chi connectivity index (χ4v) is 3.04. The molecule has 0 spiro atoms. The Hall–Kier alpha value is -2.66. The number of furan rings is 1. The summed E-state index contributed by atoms with van der Waals surface area (Å²) in [6.45, 7) is 4.07. The molecule has 0 atom stereocenters. The van der Waals surface area contributed by atoms with Crippen LogP contribution < -0.4 is 14.8 Å². The van der Waals surface area contributed by atoms with E-state index in [4.69, 9.17) is 25.5 Å². The van der Waals surface area contributed by atoms with Gasteiger partial charge in [-0.3, -0.25) is 4.79 Å². The first-order chi connectivity index (χ1) is 12.4. The minimum atomic E-state index is -0.189. The molecule has 0 unspecified atom stereocenters. The fraction of sp³-hybridized carbons (Fsp3) is 0.250. The molecule has 136 valence electrons. The molecule has 2 aromatic carbocycles. The highest BCUT2D eigenvalue weighted by atomic mass is 35.5. The number of rotatable bonds is 5. The molecule has 1 heterocycles. The predicted molar refractivity (Wildman–Crippen MR) is 103 cm³/mol. The lowest BCUT2D eigenvalue weighted by Gasteiger charge is -2.13. The third-order valence-corrected chi connectivity index (χ3v) is 4.66. The van der Waals surface area contributed by atoms with Crippen LogP contribution in [0.25, 0.3) is 11.0 Å². The summed E-state index contributed by atoms with van der Waals surface area (Å²) in [4.78, 5) is 12.5. The lowest BCUT2D eigenvalue weighted by molar-refractivity contribution is -0.115. The number of methoxy groups -OCH3 is 2. The Morgan fingerprint density at radius 2 is 1.77 bits per heavy atom. The normalized spacial score (nSPS) is 10.8. The van der Waals surface area contributed by atoms with Crippen LogP contribution in [0.3, 0.4) is 0 Å². The van der Waals surface area contributed by atoms with Gasteiger partial charge in [-0.15, -0.1) is 0 Å². The van der Waals surface area contributed by atoms with Crippen molar-refractivity contribution in [3.63, 3.8) is 0 Å². The number of amides is 1. The van der Waals surface area contributed by atoms with Gasteiger partial charge >= 0.3 is 0 Å². The van der Waals surface area contributed by atoms with Crippen molar-refractivity contribution in [2.75, 3.05) is 19.5 Å². The third-order valence-electron chi connectivity index (χ3n) is 4.37. The highest BCUT2D eigenvalue weighted by Gasteiger charge is 2.15. The van der Waals surface area contributed by atoms with Crippen molar-refractivity contribution in [1.82, 2.24) is 0 Å². The van der Waals surface area contributed by atoms with Gasteiger partial charge in [0.2, 0.25) is 5.91 Å². The number of carbonyl (C=O) groups excluding carboxylic acids is 1. The van der Waals surface area contributed by atoms with Crippen molar-refractivity contribution in [2.24, 2.45) is 0 Å². The van der Waals surface area contributed by atoms with Crippen LogP contribution in [-0.2, 0) is 11.2 Å². The van der Waals surface area contributed by atoms with E-state index in [2.05, 4.69) is 5.32 Å². The van der Waals surface area contributed by atoms with E-state index in [1.165, 1.54) is 14.2 Å². The van der Waals surface area contributed by atoms with Gasteiger partial charge < -0.3 is 19.2 Å². The predicted octanol–water partition coefficient (Wildman–Crippen LogP) is 4.90. The van der Waals surface area contributed by atoms with E-state index in [9.17, 15) is 4.79 Å². The van der Waals surface area contributed by atoms with Gasteiger partial charge in [-0.25, -0.2) is 0 Å². The molecule has 0 bridgehead atoms. The summed E-state index contributed by atoms with van der Waals surface area (Å²) in [5.74, 6) is 0.766. The minimum absolute atomic E-state index is 0.183. The first-order valence-corrected chi connectivity index (χ1v) is 8.49. The third kappa shape index (κ3) is 3.48. The zero-order valence-electron chi connectivity index (χ0n) is 15.1. The summed E-state index contributed by atoms with van der Waals surface area (Å²) in [5.41, 5.74) is 4.41. The first-order valence-electron chi connectivity index (χ1n) is 8.11. The zero-order valence-corrected chi connectivity index (χ0v) is 15.9. The molecule has 6 heteroatoms. The van der Waals surface area contributed by atoms with Gasteiger partial charge in [0.1, 0.15) is 17.1 Å². The van der Waals surface area contributed by atoms with Crippen molar-refractivity contribution in [3.05, 3.63) is 52.2 Å². The smallest absolute Gasteiger partial charge is 0.229 e. The second kappa shape index (κ2) is 7.30. The molecule has 0 fully saturated rings. The van der Waals surface area contributed by atoms with Crippen molar-refractivity contribution in [3.8, 4) is 11.5 Å². The minimum Gasteiger partial charge on any atom is -0.495 e. The summed E-state index contributed by atoms with van der Waals surface area (Å²) < 4.78 is 16.1. The van der Waals surface area contributed by atoms with E-state index in [0.29, 0.717) is 22.2 Å². The molecule has 1 amide bonds. The quantitative estimate of drug-likeness (QED) is 0.690. The Bertz CT molecular complexity index is 978. The Kier molecular flexibility index (Phi) is 5.09. The summed E-state index contributed by atoms with van der Waals surface area (Å²) in [6, 6.07) is 7.27. The monoisotopic (exact) mass is 373 g/mol. The van der Waals surface area contributed by atoms with Gasteiger partial charge in [0, 0.05) is 17.0 Å². The number of hydrogen-bond donors (Lipinski definition) is 1. The zero-order chi connectivity index (χ0) is 18.8. The van der Waals surface area contributed by atoms with E-state index >= 15 is 0 Å². The summed E-state index contributed by atoms with van der Waals surface area (Å²) in [5, 5.41) is 4.18. The van der Waals surface area contributed by atoms with E-state index in [1.54, 1.807) is 18.4 Å². The van der Waals surface area contributed by atoms with Crippen LogP contribution in [0.5, 0.6) is 11.5 Å². The van der Waals surface area contributed by atoms with Crippen molar-refractivity contribution in [1.29, 1.82) is 0 Å². The molecule has 3 rings (SSSR count). The Morgan fingerprint density at radius 3 is 2.46 bits per heavy atom. The fourth-order valence-electron chi connectivity index (χ4n) is 2.80. The average molecular weight is 374 g/mol. The van der Waals surface area contributed by atoms with Gasteiger partial charge in [0.15, 0.2) is 0 Å². The second-order valence-corrected chi connectivity index (χ2v) is 6.51. The van der Waals surface area contributed by atoms with Crippen molar-refractivity contribution >= 4 is 34.2 Å². The van der Waals surface area contributed by atoms with Crippen LogP contribution >= 0.6 is 11.6 Å². The number of fused-ring (bicyclic) bond motifs is 1. The number of carbonyl (C=O) groups is 1. The molecule has 0 aliphatic heterocycles. The number of anilines is 1. The van der Waals surface area contributed by atoms with Gasteiger partial charge in [-0.1, -0.05) is 11.6 Å². The number of halogens is 1. The molecule has 0 radical (unpaired) electrons. The second-order valence-electron chi connectivity index (χ2n) is 6.11. The number of hydrogen-bond acceptors (Lipinski definition) is 4. The van der Waals surface area contributed by atoms with Crippen molar-refractivity contribution in [2.45, 2.75) is 20.3 Å². The number of aryl methyl sites for hydroxylation is 2. The molecule has 5 nitrogen and oxygen atoms in total. The molecular formula is C20H20ClNO4. The maximum absolute atomic E-state index is 12.5. The molecule has 1 N–H and O–H groups in total. The van der Waals surface area contributed by atoms with Gasteiger partial charge in [-0.05, 0) is 43.2 Å². The van der Waals surface area contributed by atoms with E-state index in [1.807, 2.05) is 26.0 Å². The van der Waals surface area contributed by atoms with E-state index in [0.717, 1.165) is 27.7 Å². The molecule has 0 saturated carbocycles. The van der Waals surface area contributed by atoms with Crippen LogP contribution in [0.4, 0.5) is 5.69 Å². The van der Waals surface area contributed by atoms with Crippen LogP contribution in [-0.4, -0.2) is 20.1 Å². The van der Waals surface area contributed by atoms with Crippen molar-refractivity contribution < 1.29 is 18.7 Å². The van der Waals surface area contributed by atoms with Gasteiger partial charge in [0.25, 0.3) is 0 Å². The maximum Gasteiger partial charge on any atom is 0.229 e. The molecular weight excluding hydrogens is 354 g/mol. The van der Waals surface area contributed by atoms with Crippen LogP contribution in [0.2, 0.25) is 5.02 Å².